The number of nitrogens with zero attached hydrogens (tertiary/aromatic N) is 3. The molecule has 2 aliphatic rings. The highest BCUT2D eigenvalue weighted by atomic mass is 16.7. The lowest BCUT2D eigenvalue weighted by Gasteiger charge is -2.21. The molecule has 0 spiro atoms. The molecular formula is C17H17N3O6. The Morgan fingerprint density at radius 3 is 2.88 bits per heavy atom. The molecule has 0 aliphatic carbocycles. The summed E-state index contributed by atoms with van der Waals surface area (Å²) in [6.07, 6.45) is 2.94. The lowest BCUT2D eigenvalue weighted by molar-refractivity contribution is -0.385. The monoisotopic (exact) mass is 359 g/mol. The summed E-state index contributed by atoms with van der Waals surface area (Å²) in [7, 11) is 1.33. The maximum atomic E-state index is 11.8. The van der Waals surface area contributed by atoms with Crippen LogP contribution in [0.1, 0.15) is 18.4 Å². The number of likely N-dealkylation sites (tertiary alicyclic amines) is 1. The summed E-state index contributed by atoms with van der Waals surface area (Å²) in [4.78, 5) is 24.5. The molecule has 1 atom stereocenters. The second kappa shape index (κ2) is 7.41. The van der Waals surface area contributed by atoms with Crippen LogP contribution in [0.15, 0.2) is 17.7 Å². The molecule has 0 amide bonds. The largest absolute Gasteiger partial charge is 0.468 e. The molecule has 9 nitrogen and oxygen atoms in total. The number of fused-ring (bicyclic) bond motifs is 1. The molecule has 2 aliphatic heterocycles. The maximum absolute atomic E-state index is 11.8. The zero-order chi connectivity index (χ0) is 18.7. The van der Waals surface area contributed by atoms with Crippen LogP contribution in [-0.2, 0) is 9.53 Å². The number of hydrogen-bond donors (Lipinski definition) is 0. The molecule has 1 saturated heterocycles. The van der Waals surface area contributed by atoms with Gasteiger partial charge in [-0.25, -0.2) is 0 Å². The van der Waals surface area contributed by atoms with Gasteiger partial charge in [0.05, 0.1) is 29.7 Å². The normalized spacial score (nSPS) is 19.2. The van der Waals surface area contributed by atoms with Gasteiger partial charge < -0.3 is 14.2 Å². The Morgan fingerprint density at radius 1 is 1.50 bits per heavy atom. The first-order valence-corrected chi connectivity index (χ1v) is 8.04. The molecule has 2 heterocycles. The average Bonchev–Trinajstić information content (AvgIpc) is 3.28. The van der Waals surface area contributed by atoms with Crippen molar-refractivity contribution in [3.8, 4) is 17.6 Å². The summed E-state index contributed by atoms with van der Waals surface area (Å²) in [5, 5.41) is 20.8. The van der Waals surface area contributed by atoms with Crippen LogP contribution in [0.2, 0.25) is 0 Å². The molecule has 0 saturated carbocycles. The van der Waals surface area contributed by atoms with E-state index >= 15 is 0 Å². The third-order valence-electron chi connectivity index (χ3n) is 4.40. The Labute approximate surface area is 149 Å². The van der Waals surface area contributed by atoms with E-state index < -0.39 is 11.0 Å². The van der Waals surface area contributed by atoms with Crippen molar-refractivity contribution in [2.24, 2.45) is 0 Å². The van der Waals surface area contributed by atoms with E-state index in [4.69, 9.17) is 14.2 Å². The molecule has 0 unspecified atom stereocenters. The molecule has 0 N–H and O–H groups in total. The number of carbonyl (C=O) groups excluding carboxylic acids is 1. The molecule has 136 valence electrons. The number of esters is 1. The summed E-state index contributed by atoms with van der Waals surface area (Å²) in [5.41, 5.74) is 0.389. The van der Waals surface area contributed by atoms with E-state index in [1.165, 1.54) is 25.3 Å². The van der Waals surface area contributed by atoms with E-state index in [1.807, 2.05) is 4.90 Å². The molecule has 0 bridgehead atoms. The van der Waals surface area contributed by atoms with Gasteiger partial charge in [0.1, 0.15) is 6.04 Å². The number of rotatable bonds is 5. The topological polar surface area (TPSA) is 115 Å². The first-order chi connectivity index (χ1) is 12.5. The zero-order valence-corrected chi connectivity index (χ0v) is 14.1. The highest BCUT2D eigenvalue weighted by molar-refractivity contribution is 5.76. The van der Waals surface area contributed by atoms with Gasteiger partial charge in [0.25, 0.3) is 5.69 Å². The molecule has 3 rings (SSSR count). The predicted molar refractivity (Wildman–Crippen MR) is 89.4 cm³/mol. The molecule has 1 fully saturated rings. The predicted octanol–water partition coefficient (Wildman–Crippen LogP) is 1.87. The molecule has 9 heteroatoms. The number of carbonyl (C=O) groups is 1. The molecular weight excluding hydrogens is 342 g/mol. The van der Waals surface area contributed by atoms with Crippen molar-refractivity contribution < 1.29 is 23.9 Å². The summed E-state index contributed by atoms with van der Waals surface area (Å²) in [5.74, 6) is 0.360. The summed E-state index contributed by atoms with van der Waals surface area (Å²) >= 11 is 0. The molecule has 0 radical (unpaired) electrons. The van der Waals surface area contributed by atoms with Gasteiger partial charge >= 0.3 is 5.97 Å². The highest BCUT2D eigenvalue weighted by Crippen LogP contribution is 2.38. The quantitative estimate of drug-likeness (QED) is 0.339. The van der Waals surface area contributed by atoms with Crippen LogP contribution in [0.5, 0.6) is 11.5 Å². The summed E-state index contributed by atoms with van der Waals surface area (Å²) in [6, 6.07) is 4.44. The fourth-order valence-electron chi connectivity index (χ4n) is 3.16. The van der Waals surface area contributed by atoms with Crippen LogP contribution < -0.4 is 9.47 Å². The molecule has 1 aromatic rings. The van der Waals surface area contributed by atoms with E-state index in [1.54, 1.807) is 0 Å². The third-order valence-corrected chi connectivity index (χ3v) is 4.40. The lowest BCUT2D eigenvalue weighted by atomic mass is 10.1. The number of nitro groups is 1. The van der Waals surface area contributed by atoms with E-state index in [0.29, 0.717) is 30.0 Å². The van der Waals surface area contributed by atoms with Crippen LogP contribution in [0, 0.1) is 21.4 Å². The first-order valence-electron chi connectivity index (χ1n) is 8.04. The van der Waals surface area contributed by atoms with Gasteiger partial charge in [0.15, 0.2) is 11.5 Å². The van der Waals surface area contributed by atoms with Crippen LogP contribution in [0.25, 0.3) is 6.08 Å². The van der Waals surface area contributed by atoms with E-state index in [0.717, 1.165) is 6.42 Å². The van der Waals surface area contributed by atoms with Gasteiger partial charge in [-0.05, 0) is 31.5 Å². The van der Waals surface area contributed by atoms with Gasteiger partial charge in [-0.2, -0.15) is 5.26 Å². The van der Waals surface area contributed by atoms with Crippen molar-refractivity contribution in [1.29, 1.82) is 5.26 Å². The second-order valence-electron chi connectivity index (χ2n) is 5.95. The standard InChI is InChI=1S/C17H17N3O6/c1-24-17(21)13-3-2-4-19(13)9-11(8-18)5-12-6-15-16(26-10-25-15)7-14(12)20(22)23/h5-7,13H,2-4,9-10H2,1H3/b11-5+/t13-/m0/s1. The van der Waals surface area contributed by atoms with Gasteiger partial charge in [-0.3, -0.25) is 19.8 Å². The van der Waals surface area contributed by atoms with Gasteiger partial charge in [-0.15, -0.1) is 0 Å². The number of ether oxygens (including phenoxy) is 3. The van der Waals surface area contributed by atoms with Crippen molar-refractivity contribution in [3.63, 3.8) is 0 Å². The van der Waals surface area contributed by atoms with E-state index in [9.17, 15) is 20.2 Å². The minimum Gasteiger partial charge on any atom is -0.468 e. The van der Waals surface area contributed by atoms with Gasteiger partial charge in [0.2, 0.25) is 6.79 Å². The molecule has 0 aromatic heterocycles. The van der Waals surface area contributed by atoms with E-state index in [-0.39, 0.29) is 30.6 Å². The van der Waals surface area contributed by atoms with Crippen molar-refractivity contribution in [1.82, 2.24) is 4.90 Å². The van der Waals surface area contributed by atoms with Gasteiger partial charge in [-0.1, -0.05) is 0 Å². The average molecular weight is 359 g/mol. The van der Waals surface area contributed by atoms with Crippen molar-refractivity contribution in [2.45, 2.75) is 18.9 Å². The van der Waals surface area contributed by atoms with Crippen molar-refractivity contribution >= 4 is 17.7 Å². The summed E-state index contributed by atoms with van der Waals surface area (Å²) < 4.78 is 15.2. The van der Waals surface area contributed by atoms with Crippen LogP contribution in [-0.4, -0.2) is 48.8 Å². The number of nitro benzene ring substituents is 1. The fraction of sp³-hybridized carbons (Fsp3) is 0.412. The zero-order valence-electron chi connectivity index (χ0n) is 14.1. The Morgan fingerprint density at radius 2 is 2.23 bits per heavy atom. The Kier molecular flexibility index (Phi) is 5.04. The smallest absolute Gasteiger partial charge is 0.323 e. The van der Waals surface area contributed by atoms with E-state index in [2.05, 4.69) is 6.07 Å². The number of nitriles is 1. The SMILES string of the molecule is COC(=O)[C@@H]1CCCN1C/C(C#N)=C/c1cc2c(cc1[N+](=O)[O-])OCO2. The maximum Gasteiger partial charge on any atom is 0.323 e. The Balaban J connectivity index is 1.89. The number of benzene rings is 1. The Bertz CT molecular complexity index is 813. The van der Waals surface area contributed by atoms with Crippen molar-refractivity contribution in [2.75, 3.05) is 27.0 Å². The minimum atomic E-state index is -0.532. The molecule has 1 aromatic carbocycles. The second-order valence-corrected chi connectivity index (χ2v) is 5.95. The number of methoxy groups -OCH3 is 1. The third kappa shape index (κ3) is 3.45. The van der Waals surface area contributed by atoms with Crippen LogP contribution >= 0.6 is 0 Å². The summed E-state index contributed by atoms with van der Waals surface area (Å²) in [6.45, 7) is 0.864. The van der Waals surface area contributed by atoms with Gasteiger partial charge in [0, 0.05) is 12.1 Å². The fourth-order valence-corrected chi connectivity index (χ4v) is 3.16. The van der Waals surface area contributed by atoms with Crippen molar-refractivity contribution in [3.05, 3.63) is 33.4 Å². The lowest BCUT2D eigenvalue weighted by Crippen LogP contribution is -2.37. The first kappa shape index (κ1) is 17.7. The number of hydrogen-bond acceptors (Lipinski definition) is 8. The molecule has 26 heavy (non-hydrogen) atoms. The van der Waals surface area contributed by atoms with Crippen LogP contribution in [0.3, 0.4) is 0 Å². The minimum absolute atomic E-state index is 0.000645. The highest BCUT2D eigenvalue weighted by Gasteiger charge is 2.32. The Hall–Kier alpha value is -3.12. The van der Waals surface area contributed by atoms with Crippen LogP contribution in [0.4, 0.5) is 5.69 Å².